The second-order valence-electron chi connectivity index (χ2n) is 7.02. The van der Waals surface area contributed by atoms with Crippen LogP contribution in [0, 0.1) is 11.3 Å². The van der Waals surface area contributed by atoms with Crippen molar-refractivity contribution >= 4 is 18.3 Å². The maximum Gasteiger partial charge on any atom is 0.227 e. The SMILES string of the molecule is CC(C)Cc1ccc(C(C)NC(=O)C2(C)CCNC2)cc1.Cl. The zero-order chi connectivity index (χ0) is 15.5. The summed E-state index contributed by atoms with van der Waals surface area (Å²) in [6.45, 7) is 10.3. The van der Waals surface area contributed by atoms with Crippen molar-refractivity contribution in [2.24, 2.45) is 11.3 Å². The first-order valence-corrected chi connectivity index (χ1v) is 8.01. The second kappa shape index (κ2) is 7.98. The van der Waals surface area contributed by atoms with Crippen LogP contribution in [-0.2, 0) is 11.2 Å². The van der Waals surface area contributed by atoms with Crippen molar-refractivity contribution in [2.75, 3.05) is 13.1 Å². The number of carbonyl (C=O) groups excluding carboxylic acids is 1. The predicted octanol–water partition coefficient (Wildman–Crippen LogP) is 3.48. The lowest BCUT2D eigenvalue weighted by atomic mass is 9.88. The first kappa shape index (κ1) is 19.0. The molecule has 2 atom stereocenters. The van der Waals surface area contributed by atoms with E-state index < -0.39 is 0 Å². The van der Waals surface area contributed by atoms with E-state index >= 15 is 0 Å². The van der Waals surface area contributed by atoms with E-state index in [1.54, 1.807) is 0 Å². The van der Waals surface area contributed by atoms with Crippen molar-refractivity contribution in [3.05, 3.63) is 35.4 Å². The summed E-state index contributed by atoms with van der Waals surface area (Å²) in [6, 6.07) is 8.69. The molecule has 0 saturated carbocycles. The van der Waals surface area contributed by atoms with Gasteiger partial charge in [-0.15, -0.1) is 12.4 Å². The van der Waals surface area contributed by atoms with Gasteiger partial charge in [0.2, 0.25) is 5.91 Å². The molecule has 1 aliphatic heterocycles. The summed E-state index contributed by atoms with van der Waals surface area (Å²) in [5, 5.41) is 6.43. The number of amides is 1. The third kappa shape index (κ3) is 4.72. The van der Waals surface area contributed by atoms with Gasteiger partial charge in [0, 0.05) is 6.54 Å². The fourth-order valence-corrected chi connectivity index (χ4v) is 2.88. The highest BCUT2D eigenvalue weighted by Crippen LogP contribution is 2.26. The van der Waals surface area contributed by atoms with Gasteiger partial charge in [0.1, 0.15) is 0 Å². The number of benzene rings is 1. The second-order valence-corrected chi connectivity index (χ2v) is 7.02. The van der Waals surface area contributed by atoms with Crippen molar-refractivity contribution < 1.29 is 4.79 Å². The minimum Gasteiger partial charge on any atom is -0.349 e. The van der Waals surface area contributed by atoms with Gasteiger partial charge in [0.25, 0.3) is 0 Å². The average molecular weight is 325 g/mol. The van der Waals surface area contributed by atoms with Crippen LogP contribution in [-0.4, -0.2) is 19.0 Å². The summed E-state index contributed by atoms with van der Waals surface area (Å²) in [6.07, 6.45) is 2.02. The van der Waals surface area contributed by atoms with Crippen molar-refractivity contribution in [3.8, 4) is 0 Å². The lowest BCUT2D eigenvalue weighted by Crippen LogP contribution is -2.41. The van der Waals surface area contributed by atoms with Crippen LogP contribution in [0.5, 0.6) is 0 Å². The molecule has 2 rings (SSSR count). The van der Waals surface area contributed by atoms with E-state index in [1.165, 1.54) is 11.1 Å². The summed E-state index contributed by atoms with van der Waals surface area (Å²) >= 11 is 0. The monoisotopic (exact) mass is 324 g/mol. The fraction of sp³-hybridized carbons (Fsp3) is 0.611. The molecule has 1 aromatic rings. The third-order valence-electron chi connectivity index (χ3n) is 4.39. The van der Waals surface area contributed by atoms with Gasteiger partial charge in [-0.1, -0.05) is 38.1 Å². The van der Waals surface area contributed by atoms with E-state index in [0.29, 0.717) is 5.92 Å². The van der Waals surface area contributed by atoms with Gasteiger partial charge in [-0.3, -0.25) is 4.79 Å². The Balaban J connectivity index is 0.00000242. The van der Waals surface area contributed by atoms with Gasteiger partial charge in [-0.25, -0.2) is 0 Å². The van der Waals surface area contributed by atoms with Crippen LogP contribution in [0.15, 0.2) is 24.3 Å². The maximum atomic E-state index is 12.4. The van der Waals surface area contributed by atoms with Crippen LogP contribution in [0.25, 0.3) is 0 Å². The number of hydrogen-bond acceptors (Lipinski definition) is 2. The van der Waals surface area contributed by atoms with Gasteiger partial charge in [0.05, 0.1) is 11.5 Å². The minimum absolute atomic E-state index is 0. The average Bonchev–Trinajstić information content (AvgIpc) is 2.87. The largest absolute Gasteiger partial charge is 0.349 e. The molecular weight excluding hydrogens is 296 g/mol. The summed E-state index contributed by atoms with van der Waals surface area (Å²) in [5.74, 6) is 0.828. The van der Waals surface area contributed by atoms with Crippen LogP contribution in [0.1, 0.15) is 51.3 Å². The topological polar surface area (TPSA) is 41.1 Å². The molecular formula is C18H29ClN2O. The molecule has 0 aromatic heterocycles. The Labute approximate surface area is 140 Å². The minimum atomic E-state index is -0.258. The number of rotatable bonds is 5. The summed E-state index contributed by atoms with van der Waals surface area (Å²) in [4.78, 5) is 12.4. The van der Waals surface area contributed by atoms with Gasteiger partial charge >= 0.3 is 0 Å². The molecule has 1 fully saturated rings. The van der Waals surface area contributed by atoms with Crippen LogP contribution >= 0.6 is 12.4 Å². The van der Waals surface area contributed by atoms with Gasteiger partial charge in [0.15, 0.2) is 0 Å². The zero-order valence-electron chi connectivity index (χ0n) is 14.1. The molecule has 4 heteroatoms. The molecule has 1 saturated heterocycles. The molecule has 2 unspecified atom stereocenters. The summed E-state index contributed by atoms with van der Waals surface area (Å²) in [5.41, 5.74) is 2.27. The molecule has 0 spiro atoms. The van der Waals surface area contributed by atoms with E-state index in [1.807, 2.05) is 6.92 Å². The first-order valence-electron chi connectivity index (χ1n) is 8.01. The maximum absolute atomic E-state index is 12.4. The van der Waals surface area contributed by atoms with E-state index in [9.17, 15) is 4.79 Å². The van der Waals surface area contributed by atoms with Crippen molar-refractivity contribution in [1.82, 2.24) is 10.6 Å². The number of nitrogens with one attached hydrogen (secondary N) is 2. The van der Waals surface area contributed by atoms with Gasteiger partial charge in [-0.05, 0) is 50.3 Å². The van der Waals surface area contributed by atoms with E-state index in [4.69, 9.17) is 0 Å². The van der Waals surface area contributed by atoms with Crippen LogP contribution < -0.4 is 10.6 Å². The number of halogens is 1. The first-order chi connectivity index (χ1) is 9.90. The van der Waals surface area contributed by atoms with Crippen LogP contribution in [0.2, 0.25) is 0 Å². The Morgan fingerprint density at radius 2 is 1.91 bits per heavy atom. The predicted molar refractivity (Wildman–Crippen MR) is 94.4 cm³/mol. The number of hydrogen-bond donors (Lipinski definition) is 2. The van der Waals surface area contributed by atoms with Crippen LogP contribution in [0.4, 0.5) is 0 Å². The molecule has 124 valence electrons. The Kier molecular flexibility index (Phi) is 6.89. The van der Waals surface area contributed by atoms with Gasteiger partial charge < -0.3 is 10.6 Å². The summed E-state index contributed by atoms with van der Waals surface area (Å²) in [7, 11) is 0. The molecule has 1 heterocycles. The normalized spacial score (nSPS) is 22.2. The highest BCUT2D eigenvalue weighted by molar-refractivity contribution is 5.85. The molecule has 0 aliphatic carbocycles. The highest BCUT2D eigenvalue weighted by atomic mass is 35.5. The van der Waals surface area contributed by atoms with E-state index in [2.05, 4.69) is 55.7 Å². The Morgan fingerprint density at radius 1 is 1.27 bits per heavy atom. The lowest BCUT2D eigenvalue weighted by molar-refractivity contribution is -0.129. The molecule has 2 N–H and O–H groups in total. The van der Waals surface area contributed by atoms with E-state index in [-0.39, 0.29) is 29.8 Å². The van der Waals surface area contributed by atoms with Crippen LogP contribution in [0.3, 0.4) is 0 Å². The molecule has 0 bridgehead atoms. The number of carbonyl (C=O) groups is 1. The molecule has 1 aliphatic rings. The van der Waals surface area contributed by atoms with Crippen molar-refractivity contribution in [2.45, 2.75) is 46.6 Å². The summed E-state index contributed by atoms with van der Waals surface area (Å²) < 4.78 is 0. The third-order valence-corrected chi connectivity index (χ3v) is 4.39. The molecule has 3 nitrogen and oxygen atoms in total. The lowest BCUT2D eigenvalue weighted by Gasteiger charge is -2.25. The molecule has 1 aromatic carbocycles. The zero-order valence-corrected chi connectivity index (χ0v) is 14.9. The highest BCUT2D eigenvalue weighted by Gasteiger charge is 2.36. The Morgan fingerprint density at radius 3 is 2.41 bits per heavy atom. The molecule has 1 amide bonds. The molecule has 0 radical (unpaired) electrons. The fourth-order valence-electron chi connectivity index (χ4n) is 2.88. The Hall–Kier alpha value is -1.06. The smallest absolute Gasteiger partial charge is 0.227 e. The van der Waals surface area contributed by atoms with Crippen molar-refractivity contribution in [3.63, 3.8) is 0 Å². The van der Waals surface area contributed by atoms with Gasteiger partial charge in [-0.2, -0.15) is 0 Å². The standard InChI is InChI=1S/C18H28N2O.ClH/c1-13(2)11-15-5-7-16(8-6-15)14(3)20-17(21)18(4)9-10-19-12-18;/h5-8,13-14,19H,9-12H2,1-4H3,(H,20,21);1H. The van der Waals surface area contributed by atoms with Crippen molar-refractivity contribution in [1.29, 1.82) is 0 Å². The van der Waals surface area contributed by atoms with E-state index in [0.717, 1.165) is 25.9 Å². The molecule has 22 heavy (non-hydrogen) atoms. The quantitative estimate of drug-likeness (QED) is 0.870. The Bertz CT molecular complexity index is 478.